The molecule has 0 aliphatic carbocycles. The van der Waals surface area contributed by atoms with Crippen molar-refractivity contribution in [2.24, 2.45) is 0 Å². The lowest BCUT2D eigenvalue weighted by Gasteiger charge is -2.28. The average Bonchev–Trinajstić information content (AvgIpc) is 2.25. The molecule has 2 unspecified atom stereocenters. The van der Waals surface area contributed by atoms with Gasteiger partial charge in [-0.2, -0.15) is 0 Å². The van der Waals surface area contributed by atoms with Crippen LogP contribution in [0.5, 0.6) is 0 Å². The zero-order chi connectivity index (χ0) is 15.4. The number of sulfone groups is 1. The van der Waals surface area contributed by atoms with Gasteiger partial charge in [0.15, 0.2) is 25.5 Å². The van der Waals surface area contributed by atoms with Gasteiger partial charge in [-0.25, -0.2) is 12.6 Å². The average molecular weight is 320 g/mol. The highest BCUT2D eigenvalue weighted by atomic mass is 32.3. The molecular weight excluding hydrogens is 300 g/mol. The van der Waals surface area contributed by atoms with Crippen LogP contribution in [0.3, 0.4) is 0 Å². The summed E-state index contributed by atoms with van der Waals surface area (Å²) in [6.45, 7) is 2.65. The molecule has 8 nitrogen and oxygen atoms in total. The number of hydrogen-bond acceptors (Lipinski definition) is 7. The maximum atomic E-state index is 11.7. The Morgan fingerprint density at radius 2 is 1.53 bits per heavy atom. The van der Waals surface area contributed by atoms with Crippen LogP contribution in [0.25, 0.3) is 0 Å². The molecule has 0 aliphatic rings. The first-order valence-electron chi connectivity index (χ1n) is 5.59. The van der Waals surface area contributed by atoms with Gasteiger partial charge in [0.25, 0.3) is 0 Å². The molecule has 5 N–H and O–H groups in total. The van der Waals surface area contributed by atoms with E-state index in [0.29, 0.717) is 0 Å². The van der Waals surface area contributed by atoms with Gasteiger partial charge in [-0.15, -0.1) is 0 Å². The molecule has 0 aromatic carbocycles. The van der Waals surface area contributed by atoms with Crippen molar-refractivity contribution < 1.29 is 37.6 Å². The largest absolute Gasteiger partial charge is 0.391 e. The molecular formula is C9H20O8S2. The molecule has 0 saturated heterocycles. The smallest absolute Gasteiger partial charge is 0.190 e. The predicted molar refractivity (Wildman–Crippen MR) is 68.3 cm³/mol. The highest BCUT2D eigenvalue weighted by Gasteiger charge is 2.43. The van der Waals surface area contributed by atoms with Crippen LogP contribution in [-0.4, -0.2) is 72.4 Å². The topological polar surface area (TPSA) is 152 Å². The predicted octanol–water partition coefficient (Wildman–Crippen LogP) is -2.18. The Balaban J connectivity index is 5.27. The van der Waals surface area contributed by atoms with Gasteiger partial charge in [0, 0.05) is 0 Å². The standard InChI is InChI=1S/C9H20O8S2/c1-3-4-19(16,17)9(18(14)15)8(13)7(12)6(11)5(2)10/h5-13H,3-4H2,1-2H3,(H,14,15)/t5-,6-,7+,8+,9?/m0/s1. The van der Waals surface area contributed by atoms with Crippen LogP contribution in [0.15, 0.2) is 0 Å². The van der Waals surface area contributed by atoms with Gasteiger partial charge in [0.2, 0.25) is 0 Å². The highest BCUT2D eigenvalue weighted by Crippen LogP contribution is 2.18. The van der Waals surface area contributed by atoms with Crippen LogP contribution in [0.4, 0.5) is 0 Å². The fourth-order valence-corrected chi connectivity index (χ4v) is 4.58. The zero-order valence-corrected chi connectivity index (χ0v) is 12.2. The molecule has 0 aliphatic heterocycles. The summed E-state index contributed by atoms with van der Waals surface area (Å²) in [6.07, 6.45) is -7.36. The fraction of sp³-hybridized carbons (Fsp3) is 1.00. The Labute approximate surface area is 114 Å². The van der Waals surface area contributed by atoms with Crippen LogP contribution in [0, 0.1) is 0 Å². The van der Waals surface area contributed by atoms with E-state index in [-0.39, 0.29) is 6.42 Å². The van der Waals surface area contributed by atoms with Crippen LogP contribution in [-0.2, 0) is 20.9 Å². The van der Waals surface area contributed by atoms with Gasteiger partial charge in [-0.3, -0.25) is 0 Å². The number of rotatable bonds is 8. The SMILES string of the molecule is CCCS(=O)(=O)C([C@H](O)[C@H](O)[C@@H](O)[C@H](C)O)S(=O)O. The molecule has 6 atom stereocenters. The molecule has 0 saturated carbocycles. The minimum Gasteiger partial charge on any atom is -0.391 e. The lowest BCUT2D eigenvalue weighted by molar-refractivity contribution is -0.0961. The second-order valence-electron chi connectivity index (χ2n) is 4.22. The minimum atomic E-state index is -4.13. The molecule has 0 rings (SSSR count). The molecule has 10 heteroatoms. The Hall–Kier alpha value is -0.100. The quantitative estimate of drug-likeness (QED) is 0.317. The molecule has 0 aromatic rings. The monoisotopic (exact) mass is 320 g/mol. The van der Waals surface area contributed by atoms with Crippen molar-refractivity contribution in [2.75, 3.05) is 5.75 Å². The number of aliphatic hydroxyl groups excluding tert-OH is 4. The van der Waals surface area contributed by atoms with Crippen molar-refractivity contribution in [3.05, 3.63) is 0 Å². The van der Waals surface area contributed by atoms with E-state index in [2.05, 4.69) is 0 Å². The first kappa shape index (κ1) is 18.9. The molecule has 0 aromatic heterocycles. The Morgan fingerprint density at radius 3 is 1.84 bits per heavy atom. The van der Waals surface area contributed by atoms with Gasteiger partial charge in [-0.05, 0) is 13.3 Å². The van der Waals surface area contributed by atoms with E-state index in [1.54, 1.807) is 0 Å². The van der Waals surface area contributed by atoms with Crippen molar-refractivity contribution >= 4 is 20.9 Å². The second kappa shape index (κ2) is 7.62. The van der Waals surface area contributed by atoms with E-state index in [0.717, 1.165) is 6.92 Å². The number of hydrogen-bond donors (Lipinski definition) is 5. The van der Waals surface area contributed by atoms with E-state index in [9.17, 15) is 27.9 Å². The van der Waals surface area contributed by atoms with Crippen molar-refractivity contribution in [1.29, 1.82) is 0 Å². The van der Waals surface area contributed by atoms with E-state index >= 15 is 0 Å². The summed E-state index contributed by atoms with van der Waals surface area (Å²) in [5.74, 6) is -0.446. The van der Waals surface area contributed by atoms with Gasteiger partial charge in [-0.1, -0.05) is 6.92 Å². The van der Waals surface area contributed by atoms with E-state index in [1.807, 2.05) is 0 Å². The van der Waals surface area contributed by atoms with Crippen molar-refractivity contribution in [1.82, 2.24) is 0 Å². The van der Waals surface area contributed by atoms with Crippen molar-refractivity contribution in [2.45, 2.75) is 49.3 Å². The molecule has 0 heterocycles. The number of aliphatic hydroxyl groups is 4. The maximum absolute atomic E-state index is 11.7. The second-order valence-corrected chi connectivity index (χ2v) is 7.82. The van der Waals surface area contributed by atoms with Crippen LogP contribution < -0.4 is 0 Å². The first-order valence-corrected chi connectivity index (χ1v) is 8.48. The van der Waals surface area contributed by atoms with Gasteiger partial charge in [0.1, 0.15) is 18.3 Å². The van der Waals surface area contributed by atoms with Gasteiger partial charge >= 0.3 is 0 Å². The van der Waals surface area contributed by atoms with Crippen molar-refractivity contribution in [3.8, 4) is 0 Å². The van der Waals surface area contributed by atoms with Crippen LogP contribution in [0.1, 0.15) is 20.3 Å². The third-order valence-corrected chi connectivity index (χ3v) is 6.53. The third kappa shape index (κ3) is 5.06. The summed E-state index contributed by atoms with van der Waals surface area (Å²) in [6, 6.07) is 0. The van der Waals surface area contributed by atoms with Gasteiger partial charge in [0.05, 0.1) is 11.9 Å². The third-order valence-electron chi connectivity index (χ3n) is 2.51. The lowest BCUT2D eigenvalue weighted by atomic mass is 10.1. The lowest BCUT2D eigenvalue weighted by Crippen LogP contribution is -2.52. The normalized spacial score (nSPS) is 22.3. The van der Waals surface area contributed by atoms with Gasteiger partial charge < -0.3 is 25.0 Å². The summed E-state index contributed by atoms with van der Waals surface area (Å²) >= 11 is -2.95. The Bertz CT molecular complexity index is 393. The zero-order valence-electron chi connectivity index (χ0n) is 10.6. The highest BCUT2D eigenvalue weighted by molar-refractivity contribution is 8.04. The van der Waals surface area contributed by atoms with Crippen molar-refractivity contribution in [3.63, 3.8) is 0 Å². The maximum Gasteiger partial charge on any atom is 0.190 e. The van der Waals surface area contributed by atoms with Crippen LogP contribution >= 0.6 is 0 Å². The summed E-state index contributed by atoms with van der Waals surface area (Å²) in [7, 11) is -4.13. The Kier molecular flexibility index (Phi) is 7.58. The summed E-state index contributed by atoms with van der Waals surface area (Å²) in [5, 5.41) is 37.6. The minimum absolute atomic E-state index is 0.164. The molecule has 0 amide bonds. The Morgan fingerprint density at radius 1 is 1.05 bits per heavy atom. The first-order chi connectivity index (χ1) is 8.56. The molecule has 0 fully saturated rings. The molecule has 0 bridgehead atoms. The van der Waals surface area contributed by atoms with Crippen LogP contribution in [0.2, 0.25) is 0 Å². The summed E-state index contributed by atoms with van der Waals surface area (Å²) < 4.78 is 41.4. The summed E-state index contributed by atoms with van der Waals surface area (Å²) in [5.41, 5.74) is 0. The summed E-state index contributed by atoms with van der Waals surface area (Å²) in [4.78, 5) is 0. The fourth-order valence-electron chi connectivity index (χ4n) is 1.51. The van der Waals surface area contributed by atoms with E-state index < -0.39 is 55.7 Å². The molecule has 0 radical (unpaired) electrons. The molecule has 0 spiro atoms. The van der Waals surface area contributed by atoms with E-state index in [4.69, 9.17) is 9.66 Å². The molecule has 19 heavy (non-hydrogen) atoms. The van der Waals surface area contributed by atoms with E-state index in [1.165, 1.54) is 6.92 Å². The molecule has 116 valence electrons.